The minimum atomic E-state index is -0.430. The average molecular weight is 473 g/mol. The lowest BCUT2D eigenvalue weighted by Crippen LogP contribution is -2.47. The number of H-pyrrole nitrogens is 1. The first kappa shape index (κ1) is 21.7. The number of aromatic amines is 1. The highest BCUT2D eigenvalue weighted by molar-refractivity contribution is 5.79. The maximum Gasteiger partial charge on any atom is 0.248 e. The van der Waals surface area contributed by atoms with E-state index in [-0.39, 0.29) is 23.9 Å². The summed E-state index contributed by atoms with van der Waals surface area (Å²) in [6.45, 7) is 1.66. The van der Waals surface area contributed by atoms with Gasteiger partial charge >= 0.3 is 0 Å². The summed E-state index contributed by atoms with van der Waals surface area (Å²) in [5.41, 5.74) is 11.9. The molecule has 0 spiro atoms. The van der Waals surface area contributed by atoms with Gasteiger partial charge in [-0.15, -0.1) is 0 Å². The molecule has 4 aromatic rings. The highest BCUT2D eigenvalue weighted by Crippen LogP contribution is 2.44. The van der Waals surface area contributed by atoms with Crippen molar-refractivity contribution in [3.05, 3.63) is 48.2 Å². The van der Waals surface area contributed by atoms with E-state index in [2.05, 4.69) is 27.0 Å². The highest BCUT2D eigenvalue weighted by Gasteiger charge is 2.44. The van der Waals surface area contributed by atoms with Crippen LogP contribution in [0.4, 0.5) is 5.82 Å². The zero-order valence-electron chi connectivity index (χ0n) is 19.6. The fraction of sp³-hybridized carbons (Fsp3) is 0.400. The highest BCUT2D eigenvalue weighted by atomic mass is 16.3. The van der Waals surface area contributed by atoms with E-state index in [1.807, 2.05) is 17.0 Å². The standard InChI is InChI=1S/C25H28N8O2/c1-2-18-22(15-9-16-4-5-17(10-15)32(16)21(35)13-34)31-25-19(12-30-33(25)23(18)26)14-3-6-20(29-11-14)24-27-7-8-28-24/h3,6-8,11-12,15-17,34H,2,4-5,9-10,13,26H2,1H3,(H,27,28)/t15?,16-,17+. The lowest BCUT2D eigenvalue weighted by molar-refractivity contribution is -0.138. The minimum Gasteiger partial charge on any atom is -0.387 e. The number of imidazole rings is 1. The predicted octanol–water partition coefficient (Wildman–Crippen LogP) is 2.56. The Morgan fingerprint density at radius 3 is 2.63 bits per heavy atom. The van der Waals surface area contributed by atoms with E-state index in [1.165, 1.54) is 0 Å². The first-order valence-corrected chi connectivity index (χ1v) is 12.1. The van der Waals surface area contributed by atoms with Crippen molar-refractivity contribution in [2.45, 2.75) is 57.0 Å². The number of aliphatic hydroxyl groups is 1. The summed E-state index contributed by atoms with van der Waals surface area (Å²) in [6.07, 6.45) is 11.4. The fourth-order valence-electron chi connectivity index (χ4n) is 5.96. The number of piperidine rings is 1. The SMILES string of the molecule is CCc1c(C2C[C@H]3CC[C@@H](C2)N3C(=O)CO)nc2c(-c3ccc(-c4ncc[nH]4)nc3)cnn2c1N. The number of aromatic nitrogens is 6. The second-order valence-electron chi connectivity index (χ2n) is 9.39. The Kier molecular flexibility index (Phi) is 5.25. The molecule has 0 saturated carbocycles. The van der Waals surface area contributed by atoms with Crippen LogP contribution < -0.4 is 5.73 Å². The Balaban J connectivity index is 1.39. The van der Waals surface area contributed by atoms with E-state index < -0.39 is 6.61 Å². The molecule has 4 N–H and O–H groups in total. The zero-order chi connectivity index (χ0) is 24.1. The molecule has 2 aliphatic rings. The quantitative estimate of drug-likeness (QED) is 0.406. The first-order valence-electron chi connectivity index (χ1n) is 12.1. The van der Waals surface area contributed by atoms with Gasteiger partial charge in [0, 0.05) is 53.3 Å². The van der Waals surface area contributed by atoms with Crippen LogP contribution in [0.1, 0.15) is 49.8 Å². The topological polar surface area (TPSA) is 138 Å². The van der Waals surface area contributed by atoms with Gasteiger partial charge in [-0.05, 0) is 38.2 Å². The van der Waals surface area contributed by atoms with Crippen molar-refractivity contribution in [3.8, 4) is 22.6 Å². The molecular weight excluding hydrogens is 444 g/mol. The number of nitrogens with zero attached hydrogens (tertiary/aromatic N) is 6. The number of nitrogen functional groups attached to an aromatic ring is 1. The van der Waals surface area contributed by atoms with Crippen molar-refractivity contribution in [2.24, 2.45) is 0 Å². The lowest BCUT2D eigenvalue weighted by Gasteiger charge is -2.39. The number of aliphatic hydroxyl groups excluding tert-OH is 1. The molecule has 2 aliphatic heterocycles. The Morgan fingerprint density at radius 2 is 2.00 bits per heavy atom. The Bertz CT molecular complexity index is 1360. The van der Waals surface area contributed by atoms with E-state index in [0.29, 0.717) is 17.3 Å². The number of hydrogen-bond donors (Lipinski definition) is 3. The van der Waals surface area contributed by atoms with Crippen molar-refractivity contribution >= 4 is 17.4 Å². The van der Waals surface area contributed by atoms with Gasteiger partial charge in [0.15, 0.2) is 11.5 Å². The molecule has 3 atom stereocenters. The Hall–Kier alpha value is -3.79. The Morgan fingerprint density at radius 1 is 1.20 bits per heavy atom. The van der Waals surface area contributed by atoms with Crippen molar-refractivity contribution in [1.29, 1.82) is 0 Å². The maximum absolute atomic E-state index is 12.3. The molecule has 4 aromatic heterocycles. The van der Waals surface area contributed by atoms with Crippen LogP contribution in [-0.2, 0) is 11.2 Å². The van der Waals surface area contributed by atoms with Crippen LogP contribution in [-0.4, -0.2) is 64.2 Å². The number of rotatable bonds is 5. The number of hydrogen-bond acceptors (Lipinski definition) is 7. The normalized spacial score (nSPS) is 21.7. The number of carbonyl (C=O) groups excluding carboxylic acids is 1. The van der Waals surface area contributed by atoms with Gasteiger partial charge in [0.2, 0.25) is 5.91 Å². The second-order valence-corrected chi connectivity index (χ2v) is 9.39. The van der Waals surface area contributed by atoms with E-state index >= 15 is 0 Å². The molecule has 1 amide bonds. The summed E-state index contributed by atoms with van der Waals surface area (Å²) >= 11 is 0. The molecular formula is C25H28N8O2. The van der Waals surface area contributed by atoms with Crippen molar-refractivity contribution in [3.63, 3.8) is 0 Å². The van der Waals surface area contributed by atoms with Gasteiger partial charge in [0.1, 0.15) is 18.1 Å². The molecule has 180 valence electrons. The van der Waals surface area contributed by atoms with Gasteiger partial charge in [-0.1, -0.05) is 13.0 Å². The number of nitrogens with two attached hydrogens (primary N) is 1. The fourth-order valence-corrected chi connectivity index (χ4v) is 5.96. The molecule has 0 aromatic carbocycles. The van der Waals surface area contributed by atoms with Crippen molar-refractivity contribution < 1.29 is 9.90 Å². The first-order chi connectivity index (χ1) is 17.1. The summed E-state index contributed by atoms with van der Waals surface area (Å²) in [7, 11) is 0. The average Bonchev–Trinajstić information content (AvgIpc) is 3.62. The zero-order valence-corrected chi connectivity index (χ0v) is 19.6. The minimum absolute atomic E-state index is 0.144. The molecule has 2 fully saturated rings. The summed E-state index contributed by atoms with van der Waals surface area (Å²) < 4.78 is 1.72. The summed E-state index contributed by atoms with van der Waals surface area (Å²) in [4.78, 5) is 31.3. The predicted molar refractivity (Wildman–Crippen MR) is 130 cm³/mol. The van der Waals surface area contributed by atoms with Crippen LogP contribution in [0.3, 0.4) is 0 Å². The number of carbonyl (C=O) groups is 1. The number of nitrogens with one attached hydrogen (secondary N) is 1. The van der Waals surface area contributed by atoms with Crippen LogP contribution in [0.15, 0.2) is 36.9 Å². The molecule has 10 nitrogen and oxygen atoms in total. The van der Waals surface area contributed by atoms with Crippen LogP contribution in [0.5, 0.6) is 0 Å². The number of fused-ring (bicyclic) bond motifs is 3. The van der Waals surface area contributed by atoms with E-state index in [1.54, 1.807) is 29.3 Å². The number of amides is 1. The van der Waals surface area contributed by atoms with Crippen LogP contribution in [0, 0.1) is 0 Å². The van der Waals surface area contributed by atoms with E-state index in [9.17, 15) is 9.90 Å². The van der Waals surface area contributed by atoms with Gasteiger partial charge in [-0.3, -0.25) is 9.78 Å². The van der Waals surface area contributed by atoms with Gasteiger partial charge in [0.25, 0.3) is 0 Å². The monoisotopic (exact) mass is 472 g/mol. The smallest absolute Gasteiger partial charge is 0.248 e. The van der Waals surface area contributed by atoms with E-state index in [0.717, 1.165) is 60.2 Å². The summed E-state index contributed by atoms with van der Waals surface area (Å²) in [6, 6.07) is 4.20. The molecule has 35 heavy (non-hydrogen) atoms. The molecule has 6 rings (SSSR count). The molecule has 2 bridgehead atoms. The van der Waals surface area contributed by atoms with Gasteiger partial charge in [-0.2, -0.15) is 9.61 Å². The van der Waals surface area contributed by atoms with Crippen LogP contribution >= 0.6 is 0 Å². The second kappa shape index (κ2) is 8.46. The van der Waals surface area contributed by atoms with Crippen LogP contribution in [0.25, 0.3) is 28.3 Å². The summed E-state index contributed by atoms with van der Waals surface area (Å²) in [5.74, 6) is 1.37. The third kappa shape index (κ3) is 3.47. The van der Waals surface area contributed by atoms with Gasteiger partial charge in [0.05, 0.1) is 11.9 Å². The third-order valence-electron chi connectivity index (χ3n) is 7.53. The van der Waals surface area contributed by atoms with E-state index in [4.69, 9.17) is 10.7 Å². The number of pyridine rings is 1. The maximum atomic E-state index is 12.3. The van der Waals surface area contributed by atoms with Crippen LogP contribution in [0.2, 0.25) is 0 Å². The number of anilines is 1. The van der Waals surface area contributed by atoms with Gasteiger partial charge < -0.3 is 20.7 Å². The largest absolute Gasteiger partial charge is 0.387 e. The third-order valence-corrected chi connectivity index (χ3v) is 7.53. The molecule has 2 saturated heterocycles. The lowest BCUT2D eigenvalue weighted by atomic mass is 9.85. The molecule has 6 heterocycles. The van der Waals surface area contributed by atoms with Crippen molar-refractivity contribution in [2.75, 3.05) is 12.3 Å². The van der Waals surface area contributed by atoms with Crippen molar-refractivity contribution in [1.82, 2.24) is 34.4 Å². The summed E-state index contributed by atoms with van der Waals surface area (Å²) in [5, 5.41) is 14.0. The molecule has 1 unspecified atom stereocenters. The molecule has 10 heteroatoms. The van der Waals surface area contributed by atoms with Gasteiger partial charge in [-0.25, -0.2) is 9.97 Å². The molecule has 0 radical (unpaired) electrons. The Labute approximate surface area is 202 Å². The molecule has 0 aliphatic carbocycles.